The van der Waals surface area contributed by atoms with E-state index in [-0.39, 0.29) is 17.7 Å². The largest absolute Gasteiger partial charge is 0.382 e. The van der Waals surface area contributed by atoms with Gasteiger partial charge in [0.25, 0.3) is 5.91 Å². The SMILES string of the molecule is CC(C)c1noc([C@@H](NC(=O)[C@H](CC2CCCC2)[C@H](O)C(=O)NO)C(C)(C)C)n1. The predicted octanol–water partition coefficient (Wildman–Crippen LogP) is 2.46. The zero-order valence-corrected chi connectivity index (χ0v) is 17.9. The summed E-state index contributed by atoms with van der Waals surface area (Å²) in [6, 6.07) is -0.592. The Morgan fingerprint density at radius 1 is 1.21 bits per heavy atom. The second-order valence-electron chi connectivity index (χ2n) is 9.37. The van der Waals surface area contributed by atoms with Gasteiger partial charge in [0.1, 0.15) is 12.1 Å². The highest BCUT2D eigenvalue weighted by Crippen LogP contribution is 2.35. The van der Waals surface area contributed by atoms with Gasteiger partial charge in [-0.1, -0.05) is 65.5 Å². The Balaban J connectivity index is 2.24. The minimum Gasteiger partial charge on any atom is -0.382 e. The van der Waals surface area contributed by atoms with E-state index >= 15 is 0 Å². The van der Waals surface area contributed by atoms with Gasteiger partial charge in [-0.2, -0.15) is 4.98 Å². The zero-order valence-electron chi connectivity index (χ0n) is 17.9. The van der Waals surface area contributed by atoms with Crippen molar-refractivity contribution in [2.75, 3.05) is 0 Å². The molecule has 1 aliphatic rings. The standard InChI is InChI=1S/C20H34N4O5/c1-11(2)16-22-19(29-24-16)15(20(3,4)5)21-17(26)13(14(25)18(27)23-28)10-12-8-6-7-9-12/h11-15,25,28H,6-10H2,1-5H3,(H,21,26)(H,23,27)/t13-,14+,15-/m1/s1. The molecule has 29 heavy (non-hydrogen) atoms. The number of hydroxylamine groups is 1. The highest BCUT2D eigenvalue weighted by molar-refractivity contribution is 5.88. The molecule has 4 N–H and O–H groups in total. The molecule has 0 bridgehead atoms. The number of aliphatic hydroxyl groups is 1. The number of hydrogen-bond acceptors (Lipinski definition) is 7. The van der Waals surface area contributed by atoms with Crippen LogP contribution in [-0.4, -0.2) is 38.4 Å². The van der Waals surface area contributed by atoms with Gasteiger partial charge in [-0.25, -0.2) is 5.48 Å². The fourth-order valence-electron chi connectivity index (χ4n) is 3.73. The second kappa shape index (κ2) is 9.67. The van der Waals surface area contributed by atoms with Crippen LogP contribution < -0.4 is 10.8 Å². The van der Waals surface area contributed by atoms with Crippen molar-refractivity contribution in [2.45, 2.75) is 84.8 Å². The highest BCUT2D eigenvalue weighted by Gasteiger charge is 2.39. The molecule has 1 fully saturated rings. The first-order valence-electron chi connectivity index (χ1n) is 10.3. The van der Waals surface area contributed by atoms with Crippen molar-refractivity contribution in [3.63, 3.8) is 0 Å². The average molecular weight is 411 g/mol. The van der Waals surface area contributed by atoms with Crippen molar-refractivity contribution in [2.24, 2.45) is 17.3 Å². The second-order valence-corrected chi connectivity index (χ2v) is 9.37. The van der Waals surface area contributed by atoms with Gasteiger partial charge in [0.15, 0.2) is 5.82 Å². The van der Waals surface area contributed by atoms with E-state index in [2.05, 4.69) is 15.5 Å². The van der Waals surface area contributed by atoms with Crippen molar-refractivity contribution < 1.29 is 24.4 Å². The Morgan fingerprint density at radius 2 is 1.83 bits per heavy atom. The molecule has 0 saturated heterocycles. The molecule has 164 valence electrons. The quantitative estimate of drug-likeness (QED) is 0.381. The first-order valence-corrected chi connectivity index (χ1v) is 10.3. The normalized spacial score (nSPS) is 18.5. The summed E-state index contributed by atoms with van der Waals surface area (Å²) in [7, 11) is 0. The number of amides is 2. The van der Waals surface area contributed by atoms with Crippen LogP contribution in [0.25, 0.3) is 0 Å². The van der Waals surface area contributed by atoms with Crippen molar-refractivity contribution in [1.29, 1.82) is 0 Å². The summed E-state index contributed by atoms with van der Waals surface area (Å²) >= 11 is 0. The zero-order chi connectivity index (χ0) is 21.8. The Kier molecular flexibility index (Phi) is 7.76. The fourth-order valence-corrected chi connectivity index (χ4v) is 3.73. The molecule has 0 unspecified atom stereocenters. The van der Waals surface area contributed by atoms with Crippen LogP contribution in [0.2, 0.25) is 0 Å². The molecule has 3 atom stereocenters. The van der Waals surface area contributed by atoms with Gasteiger partial charge >= 0.3 is 0 Å². The monoisotopic (exact) mass is 410 g/mol. The fraction of sp³-hybridized carbons (Fsp3) is 0.800. The van der Waals surface area contributed by atoms with Crippen LogP contribution in [0.4, 0.5) is 0 Å². The Labute approximate surface area is 171 Å². The minimum absolute atomic E-state index is 0.0778. The topological polar surface area (TPSA) is 138 Å². The lowest BCUT2D eigenvalue weighted by Gasteiger charge is -2.31. The van der Waals surface area contributed by atoms with E-state index < -0.39 is 35.3 Å². The van der Waals surface area contributed by atoms with Gasteiger partial charge in [0.2, 0.25) is 11.8 Å². The molecule has 0 aliphatic heterocycles. The molecule has 1 aromatic heterocycles. The third-order valence-electron chi connectivity index (χ3n) is 5.53. The number of nitrogens with zero attached hydrogens (tertiary/aromatic N) is 2. The summed E-state index contributed by atoms with van der Waals surface area (Å²) in [6.07, 6.45) is 2.80. The molecule has 1 saturated carbocycles. The van der Waals surface area contributed by atoms with E-state index in [4.69, 9.17) is 9.73 Å². The van der Waals surface area contributed by atoms with Crippen LogP contribution >= 0.6 is 0 Å². The summed E-state index contributed by atoms with van der Waals surface area (Å²) in [5, 5.41) is 26.2. The van der Waals surface area contributed by atoms with Crippen molar-refractivity contribution in [3.05, 3.63) is 11.7 Å². The Morgan fingerprint density at radius 3 is 2.31 bits per heavy atom. The van der Waals surface area contributed by atoms with Crippen LogP contribution in [-0.2, 0) is 9.59 Å². The van der Waals surface area contributed by atoms with Crippen molar-refractivity contribution >= 4 is 11.8 Å². The summed E-state index contributed by atoms with van der Waals surface area (Å²) in [5.41, 5.74) is 1.00. The van der Waals surface area contributed by atoms with Gasteiger partial charge in [-0.05, 0) is 17.8 Å². The number of nitrogens with one attached hydrogen (secondary N) is 2. The maximum Gasteiger partial charge on any atom is 0.272 e. The maximum absolute atomic E-state index is 13.1. The summed E-state index contributed by atoms with van der Waals surface area (Å²) < 4.78 is 5.40. The summed E-state index contributed by atoms with van der Waals surface area (Å²) in [5.74, 6) is -1.28. The van der Waals surface area contributed by atoms with Crippen LogP contribution in [0.5, 0.6) is 0 Å². The van der Waals surface area contributed by atoms with Crippen molar-refractivity contribution in [3.8, 4) is 0 Å². The lowest BCUT2D eigenvalue weighted by Crippen LogP contribution is -2.48. The maximum atomic E-state index is 13.1. The molecule has 1 aromatic rings. The lowest BCUT2D eigenvalue weighted by atomic mass is 9.84. The van der Waals surface area contributed by atoms with E-state index in [0.717, 1.165) is 25.7 Å². The molecular weight excluding hydrogens is 376 g/mol. The number of hydrogen-bond donors (Lipinski definition) is 4. The van der Waals surface area contributed by atoms with E-state index in [9.17, 15) is 14.7 Å². The molecular formula is C20H34N4O5. The average Bonchev–Trinajstić information content (AvgIpc) is 3.33. The first kappa shape index (κ1) is 23.3. The van der Waals surface area contributed by atoms with Gasteiger partial charge in [-0.3, -0.25) is 14.8 Å². The Hall–Kier alpha value is -2.00. The van der Waals surface area contributed by atoms with Crippen LogP contribution in [0, 0.1) is 17.3 Å². The van der Waals surface area contributed by atoms with Gasteiger partial charge in [0.05, 0.1) is 5.92 Å². The van der Waals surface area contributed by atoms with Crippen LogP contribution in [0.15, 0.2) is 4.52 Å². The number of carbonyl (C=O) groups is 2. The van der Waals surface area contributed by atoms with Gasteiger partial charge in [0, 0.05) is 5.92 Å². The molecule has 2 amide bonds. The van der Waals surface area contributed by atoms with E-state index in [1.807, 2.05) is 34.6 Å². The minimum atomic E-state index is -1.64. The molecule has 0 spiro atoms. The molecule has 0 aromatic carbocycles. The summed E-state index contributed by atoms with van der Waals surface area (Å²) in [4.78, 5) is 29.4. The number of carbonyl (C=O) groups excluding carboxylic acids is 2. The van der Waals surface area contributed by atoms with Gasteiger partial charge in [-0.15, -0.1) is 0 Å². The van der Waals surface area contributed by atoms with Crippen LogP contribution in [0.1, 0.15) is 90.4 Å². The molecule has 1 heterocycles. The lowest BCUT2D eigenvalue weighted by molar-refractivity contribution is -0.147. The predicted molar refractivity (Wildman–Crippen MR) is 105 cm³/mol. The van der Waals surface area contributed by atoms with Crippen LogP contribution in [0.3, 0.4) is 0 Å². The summed E-state index contributed by atoms with van der Waals surface area (Å²) in [6.45, 7) is 9.68. The number of aromatic nitrogens is 2. The van der Waals surface area contributed by atoms with Gasteiger partial charge < -0.3 is 14.9 Å². The number of aliphatic hydroxyl groups excluding tert-OH is 1. The van der Waals surface area contributed by atoms with E-state index in [1.54, 1.807) is 0 Å². The number of rotatable bonds is 8. The van der Waals surface area contributed by atoms with E-state index in [0.29, 0.717) is 12.2 Å². The van der Waals surface area contributed by atoms with E-state index in [1.165, 1.54) is 5.48 Å². The third kappa shape index (κ3) is 5.99. The molecule has 0 radical (unpaired) electrons. The first-order chi connectivity index (χ1) is 13.5. The third-order valence-corrected chi connectivity index (χ3v) is 5.53. The van der Waals surface area contributed by atoms with Crippen molar-refractivity contribution in [1.82, 2.24) is 20.9 Å². The highest BCUT2D eigenvalue weighted by atomic mass is 16.5. The molecule has 9 nitrogen and oxygen atoms in total. The molecule has 9 heteroatoms. The molecule has 2 rings (SSSR count). The smallest absolute Gasteiger partial charge is 0.272 e. The Bertz CT molecular complexity index is 691. The molecule has 1 aliphatic carbocycles.